The Labute approximate surface area is 158 Å². The van der Waals surface area contributed by atoms with Gasteiger partial charge in [-0.1, -0.05) is 0 Å². The number of hydrogen-bond acceptors (Lipinski definition) is 5. The van der Waals surface area contributed by atoms with Crippen molar-refractivity contribution in [3.63, 3.8) is 0 Å². The topological polar surface area (TPSA) is 81.0 Å². The van der Waals surface area contributed by atoms with Crippen LogP contribution in [0.3, 0.4) is 0 Å². The monoisotopic (exact) mass is 420 g/mol. The van der Waals surface area contributed by atoms with Gasteiger partial charge in [-0.2, -0.15) is 0 Å². The number of nitrogens with one attached hydrogen (secondary N) is 1. The first-order chi connectivity index (χ1) is 12.6. The summed E-state index contributed by atoms with van der Waals surface area (Å²) in [6.07, 6.45) is 1.23. The van der Waals surface area contributed by atoms with Gasteiger partial charge in [-0.25, -0.2) is 0 Å². The van der Waals surface area contributed by atoms with E-state index in [2.05, 4.69) is 21.2 Å². The van der Waals surface area contributed by atoms with Gasteiger partial charge >= 0.3 is 0 Å². The number of carbonyl (C=O) groups is 2. The molecule has 0 atom stereocenters. The predicted octanol–water partition coefficient (Wildman–Crippen LogP) is 3.26. The number of furan rings is 1. The highest BCUT2D eigenvalue weighted by Gasteiger charge is 2.29. The average molecular weight is 421 g/mol. The molecule has 8 heteroatoms. The van der Waals surface area contributed by atoms with Gasteiger partial charge in [0.05, 0.1) is 0 Å². The number of anilines is 1. The molecule has 2 aromatic rings. The number of likely N-dealkylation sites (tertiary alicyclic amines) is 1. The molecule has 0 spiro atoms. The van der Waals surface area contributed by atoms with Gasteiger partial charge in [0.25, 0.3) is 5.91 Å². The van der Waals surface area contributed by atoms with E-state index in [1.165, 1.54) is 0 Å². The van der Waals surface area contributed by atoms with Crippen molar-refractivity contribution in [3.05, 3.63) is 40.8 Å². The van der Waals surface area contributed by atoms with Crippen LogP contribution in [0.15, 0.2) is 39.4 Å². The Balaban J connectivity index is 1.33. The molecule has 1 aromatic carbocycles. The molecule has 1 fully saturated rings. The first kappa shape index (κ1) is 17.0. The second-order valence-electron chi connectivity index (χ2n) is 6.23. The number of carbonyl (C=O) groups excluding carboxylic acids is 2. The fraction of sp³-hybridized carbons (Fsp3) is 0.333. The molecule has 7 nitrogen and oxygen atoms in total. The number of amides is 2. The Morgan fingerprint density at radius 2 is 1.85 bits per heavy atom. The van der Waals surface area contributed by atoms with E-state index in [1.807, 2.05) is 0 Å². The number of rotatable bonds is 3. The van der Waals surface area contributed by atoms with Crippen molar-refractivity contribution in [2.45, 2.75) is 12.8 Å². The third-order valence-corrected chi connectivity index (χ3v) is 5.00. The standard InChI is InChI=1S/C18H17BrN2O5/c19-16-4-3-14(26-16)18(23)21-7-5-11(6-8-21)17(22)20-12-1-2-13-15(9-12)25-10-24-13/h1-4,9,11H,5-8,10H2,(H,20,22). The molecule has 1 N–H and O–H groups in total. The van der Waals surface area contributed by atoms with Crippen molar-refractivity contribution in [3.8, 4) is 11.5 Å². The number of fused-ring (bicyclic) bond motifs is 1. The van der Waals surface area contributed by atoms with Gasteiger partial charge in [0.1, 0.15) is 0 Å². The summed E-state index contributed by atoms with van der Waals surface area (Å²) in [5.74, 6) is 1.29. The van der Waals surface area contributed by atoms with Crippen LogP contribution >= 0.6 is 15.9 Å². The molecule has 2 aliphatic rings. The summed E-state index contributed by atoms with van der Waals surface area (Å²) in [6.45, 7) is 1.25. The molecule has 2 aliphatic heterocycles. The zero-order valence-electron chi connectivity index (χ0n) is 13.9. The molecule has 4 rings (SSSR count). The number of nitrogens with zero attached hydrogens (tertiary/aromatic N) is 1. The third kappa shape index (κ3) is 3.41. The molecule has 2 amide bonds. The SMILES string of the molecule is O=C(Nc1ccc2c(c1)OCO2)C1CCN(C(=O)c2ccc(Br)o2)CC1. The molecule has 0 unspecified atom stereocenters. The van der Waals surface area contributed by atoms with E-state index in [0.717, 1.165) is 0 Å². The van der Waals surface area contributed by atoms with Crippen molar-refractivity contribution < 1.29 is 23.5 Å². The van der Waals surface area contributed by atoms with E-state index < -0.39 is 0 Å². The highest BCUT2D eigenvalue weighted by atomic mass is 79.9. The summed E-state index contributed by atoms with van der Waals surface area (Å²) in [5.41, 5.74) is 0.679. The zero-order valence-corrected chi connectivity index (χ0v) is 15.5. The number of ether oxygens (including phenoxy) is 2. The molecule has 0 saturated carbocycles. The maximum Gasteiger partial charge on any atom is 0.289 e. The number of hydrogen-bond donors (Lipinski definition) is 1. The second kappa shape index (κ2) is 7.03. The third-order valence-electron chi connectivity index (χ3n) is 4.58. The Kier molecular flexibility index (Phi) is 4.58. The highest BCUT2D eigenvalue weighted by molar-refractivity contribution is 9.10. The molecule has 1 aromatic heterocycles. The molecule has 0 bridgehead atoms. The van der Waals surface area contributed by atoms with E-state index in [4.69, 9.17) is 13.9 Å². The van der Waals surface area contributed by atoms with E-state index in [1.54, 1.807) is 35.2 Å². The van der Waals surface area contributed by atoms with Gasteiger partial charge in [0, 0.05) is 30.8 Å². The fourth-order valence-electron chi connectivity index (χ4n) is 3.15. The molecule has 0 radical (unpaired) electrons. The van der Waals surface area contributed by atoms with Crippen LogP contribution in [0.5, 0.6) is 11.5 Å². The Bertz CT molecular complexity index is 842. The quantitative estimate of drug-likeness (QED) is 0.823. The normalized spacial score (nSPS) is 16.6. The summed E-state index contributed by atoms with van der Waals surface area (Å²) in [5, 5.41) is 2.92. The lowest BCUT2D eigenvalue weighted by Crippen LogP contribution is -2.41. The summed E-state index contributed by atoms with van der Waals surface area (Å²) in [6, 6.07) is 8.66. The maximum atomic E-state index is 12.5. The molecular formula is C18H17BrN2O5. The van der Waals surface area contributed by atoms with E-state index >= 15 is 0 Å². The van der Waals surface area contributed by atoms with E-state index in [-0.39, 0.29) is 24.5 Å². The van der Waals surface area contributed by atoms with Crippen LogP contribution in [0, 0.1) is 5.92 Å². The summed E-state index contributed by atoms with van der Waals surface area (Å²) in [4.78, 5) is 26.6. The van der Waals surface area contributed by atoms with Gasteiger partial charge in [-0.15, -0.1) is 0 Å². The molecular weight excluding hydrogens is 404 g/mol. The smallest absolute Gasteiger partial charge is 0.289 e. The lowest BCUT2D eigenvalue weighted by molar-refractivity contribution is -0.121. The predicted molar refractivity (Wildman–Crippen MR) is 96.2 cm³/mol. The van der Waals surface area contributed by atoms with Crippen LogP contribution in [-0.4, -0.2) is 36.6 Å². The Morgan fingerprint density at radius 1 is 1.08 bits per heavy atom. The molecule has 0 aliphatic carbocycles. The first-order valence-electron chi connectivity index (χ1n) is 8.35. The average Bonchev–Trinajstić information content (AvgIpc) is 3.29. The van der Waals surface area contributed by atoms with Crippen LogP contribution in [-0.2, 0) is 4.79 Å². The van der Waals surface area contributed by atoms with Gasteiger partial charge in [-0.05, 0) is 53.0 Å². The van der Waals surface area contributed by atoms with Crippen LogP contribution in [0.4, 0.5) is 5.69 Å². The van der Waals surface area contributed by atoms with Crippen LogP contribution in [0.1, 0.15) is 23.4 Å². The minimum Gasteiger partial charge on any atom is -0.454 e. The van der Waals surface area contributed by atoms with Crippen molar-refractivity contribution in [1.29, 1.82) is 0 Å². The number of benzene rings is 1. The van der Waals surface area contributed by atoms with Crippen molar-refractivity contribution in [1.82, 2.24) is 4.90 Å². The molecule has 136 valence electrons. The molecule has 1 saturated heterocycles. The fourth-order valence-corrected chi connectivity index (χ4v) is 3.46. The van der Waals surface area contributed by atoms with Gasteiger partial charge in [-0.3, -0.25) is 9.59 Å². The van der Waals surface area contributed by atoms with Crippen LogP contribution in [0.2, 0.25) is 0 Å². The van der Waals surface area contributed by atoms with Gasteiger partial charge in [0.2, 0.25) is 12.7 Å². The summed E-state index contributed by atoms with van der Waals surface area (Å²) in [7, 11) is 0. The van der Waals surface area contributed by atoms with Crippen LogP contribution < -0.4 is 14.8 Å². The number of piperidine rings is 1. The molecule has 26 heavy (non-hydrogen) atoms. The summed E-state index contributed by atoms with van der Waals surface area (Å²) >= 11 is 3.20. The lowest BCUT2D eigenvalue weighted by Gasteiger charge is -2.30. The Morgan fingerprint density at radius 3 is 2.58 bits per heavy atom. The largest absolute Gasteiger partial charge is 0.454 e. The van der Waals surface area contributed by atoms with E-state index in [9.17, 15) is 9.59 Å². The second-order valence-corrected chi connectivity index (χ2v) is 7.01. The first-order valence-corrected chi connectivity index (χ1v) is 9.14. The van der Waals surface area contributed by atoms with Crippen molar-refractivity contribution in [2.24, 2.45) is 5.92 Å². The van der Waals surface area contributed by atoms with Gasteiger partial charge < -0.3 is 24.1 Å². The highest BCUT2D eigenvalue weighted by Crippen LogP contribution is 2.34. The summed E-state index contributed by atoms with van der Waals surface area (Å²) < 4.78 is 16.4. The maximum absolute atomic E-state index is 12.5. The minimum absolute atomic E-state index is 0.0447. The van der Waals surface area contributed by atoms with E-state index in [0.29, 0.717) is 53.5 Å². The lowest BCUT2D eigenvalue weighted by atomic mass is 9.95. The van der Waals surface area contributed by atoms with Crippen molar-refractivity contribution in [2.75, 3.05) is 25.2 Å². The van der Waals surface area contributed by atoms with Gasteiger partial charge in [0.15, 0.2) is 21.9 Å². The molecule has 3 heterocycles. The minimum atomic E-state index is -0.148. The number of halogens is 1. The van der Waals surface area contributed by atoms with Crippen molar-refractivity contribution >= 4 is 33.4 Å². The van der Waals surface area contributed by atoms with Crippen LogP contribution in [0.25, 0.3) is 0 Å². The Hall–Kier alpha value is -2.48. The zero-order chi connectivity index (χ0) is 18.1.